The van der Waals surface area contributed by atoms with Gasteiger partial charge < -0.3 is 10.4 Å². The summed E-state index contributed by atoms with van der Waals surface area (Å²) in [4.78, 5) is 14.6. The lowest BCUT2D eigenvalue weighted by Gasteiger charge is -2.40. The van der Waals surface area contributed by atoms with E-state index in [0.717, 1.165) is 19.5 Å². The molecule has 0 spiro atoms. The number of nitrogens with one attached hydrogen (secondary N) is 1. The zero-order valence-corrected chi connectivity index (χ0v) is 17.6. The summed E-state index contributed by atoms with van der Waals surface area (Å²) < 4.78 is 0. The molecule has 0 aromatic carbocycles. The highest BCUT2D eigenvalue weighted by molar-refractivity contribution is 5.83. The Morgan fingerprint density at radius 1 is 0.962 bits per heavy atom. The Hall–Kier alpha value is -0.610. The third-order valence-corrected chi connectivity index (χ3v) is 5.61. The number of hydrogen-bond acceptors (Lipinski definition) is 3. The van der Waals surface area contributed by atoms with Crippen LogP contribution in [-0.2, 0) is 4.79 Å². The van der Waals surface area contributed by atoms with Gasteiger partial charge in [0.05, 0.1) is 18.7 Å². The van der Waals surface area contributed by atoms with E-state index in [9.17, 15) is 9.90 Å². The van der Waals surface area contributed by atoms with Gasteiger partial charge in [0.15, 0.2) is 0 Å². The largest absolute Gasteiger partial charge is 0.394 e. The van der Waals surface area contributed by atoms with Gasteiger partial charge in [-0.05, 0) is 18.9 Å². The Bertz CT molecular complexity index is 360. The Labute approximate surface area is 162 Å². The van der Waals surface area contributed by atoms with Gasteiger partial charge in [-0.25, -0.2) is 0 Å². The van der Waals surface area contributed by atoms with E-state index >= 15 is 0 Å². The molecular weight excluding hydrogens is 324 g/mol. The Morgan fingerprint density at radius 3 is 1.92 bits per heavy atom. The number of amides is 1. The van der Waals surface area contributed by atoms with Crippen LogP contribution in [0.3, 0.4) is 0 Å². The van der Waals surface area contributed by atoms with E-state index in [0.29, 0.717) is 5.92 Å². The van der Waals surface area contributed by atoms with Gasteiger partial charge in [0.2, 0.25) is 5.91 Å². The molecule has 2 atom stereocenters. The maximum Gasteiger partial charge on any atom is 0.237 e. The van der Waals surface area contributed by atoms with Crippen molar-refractivity contribution in [2.45, 2.75) is 110 Å². The fourth-order valence-electron chi connectivity index (χ4n) is 4.11. The van der Waals surface area contributed by atoms with Gasteiger partial charge in [0, 0.05) is 6.54 Å². The van der Waals surface area contributed by atoms with E-state index in [-0.39, 0.29) is 24.6 Å². The van der Waals surface area contributed by atoms with Crippen LogP contribution in [0.15, 0.2) is 0 Å². The summed E-state index contributed by atoms with van der Waals surface area (Å²) in [5.74, 6) is 0.399. The normalized spacial score (nSPS) is 21.3. The van der Waals surface area contributed by atoms with Crippen molar-refractivity contribution in [3.63, 3.8) is 0 Å². The van der Waals surface area contributed by atoms with E-state index in [4.69, 9.17) is 0 Å². The summed E-state index contributed by atoms with van der Waals surface area (Å²) in [6.45, 7) is 8.28. The van der Waals surface area contributed by atoms with Crippen molar-refractivity contribution in [1.29, 1.82) is 0 Å². The van der Waals surface area contributed by atoms with Gasteiger partial charge >= 0.3 is 0 Å². The highest BCUT2D eigenvalue weighted by atomic mass is 16.3. The average molecular weight is 369 g/mol. The minimum Gasteiger partial charge on any atom is -0.394 e. The first-order valence-electron chi connectivity index (χ1n) is 11.2. The summed E-state index contributed by atoms with van der Waals surface area (Å²) >= 11 is 0. The number of rotatable bonds is 15. The molecule has 1 aliphatic heterocycles. The van der Waals surface area contributed by atoms with Crippen molar-refractivity contribution in [2.24, 2.45) is 5.92 Å². The first kappa shape index (κ1) is 23.4. The van der Waals surface area contributed by atoms with Gasteiger partial charge in [-0.2, -0.15) is 0 Å². The lowest BCUT2D eigenvalue weighted by Crippen LogP contribution is -2.62. The van der Waals surface area contributed by atoms with Gasteiger partial charge in [-0.3, -0.25) is 9.69 Å². The van der Waals surface area contributed by atoms with E-state index in [1.165, 1.54) is 70.6 Å². The maximum atomic E-state index is 12.3. The lowest BCUT2D eigenvalue weighted by molar-refractivity contribution is -0.133. The molecule has 1 saturated heterocycles. The quantitative estimate of drug-likeness (QED) is 0.418. The average Bonchev–Trinajstić information content (AvgIpc) is 2.61. The third-order valence-electron chi connectivity index (χ3n) is 5.61. The van der Waals surface area contributed by atoms with Crippen LogP contribution in [0.1, 0.15) is 97.8 Å². The van der Waals surface area contributed by atoms with Crippen LogP contribution < -0.4 is 5.32 Å². The zero-order chi connectivity index (χ0) is 19.2. The van der Waals surface area contributed by atoms with Gasteiger partial charge in [0.1, 0.15) is 0 Å². The highest BCUT2D eigenvalue weighted by Gasteiger charge is 2.35. The molecule has 0 aliphatic carbocycles. The van der Waals surface area contributed by atoms with Gasteiger partial charge in [-0.15, -0.1) is 0 Å². The van der Waals surface area contributed by atoms with Crippen LogP contribution in [0.25, 0.3) is 0 Å². The fraction of sp³-hybridized carbons (Fsp3) is 0.955. The predicted octanol–water partition coefficient (Wildman–Crippen LogP) is 4.50. The summed E-state index contributed by atoms with van der Waals surface area (Å²) in [6, 6.07) is -0.139. The minimum absolute atomic E-state index is 0.0332. The number of aliphatic hydroxyl groups excluding tert-OH is 1. The van der Waals surface area contributed by atoms with Crippen molar-refractivity contribution >= 4 is 5.91 Å². The molecule has 0 aromatic rings. The van der Waals surface area contributed by atoms with Crippen LogP contribution >= 0.6 is 0 Å². The minimum atomic E-state index is -0.102. The van der Waals surface area contributed by atoms with Crippen molar-refractivity contribution in [3.8, 4) is 0 Å². The van der Waals surface area contributed by atoms with E-state index in [1.807, 2.05) is 0 Å². The standard InChI is InChI=1S/C22H44N2O2/c1-4-5-6-7-8-9-10-11-12-13-14-15-16-24-17-20(18-25)23-22(26)21(24)19(2)3/h19-21,25H,4-18H2,1-3H3,(H,23,26)/t20-,21-/m1/s1. The van der Waals surface area contributed by atoms with E-state index in [1.54, 1.807) is 0 Å². The van der Waals surface area contributed by atoms with Crippen molar-refractivity contribution in [1.82, 2.24) is 10.2 Å². The summed E-state index contributed by atoms with van der Waals surface area (Å²) in [5.41, 5.74) is 0. The second-order valence-electron chi connectivity index (χ2n) is 8.46. The lowest BCUT2D eigenvalue weighted by atomic mass is 9.97. The monoisotopic (exact) mass is 368 g/mol. The topological polar surface area (TPSA) is 52.6 Å². The van der Waals surface area contributed by atoms with Gasteiger partial charge in [0.25, 0.3) is 0 Å². The Kier molecular flexibility index (Phi) is 13.0. The maximum absolute atomic E-state index is 12.3. The van der Waals surface area contributed by atoms with Crippen molar-refractivity contribution in [2.75, 3.05) is 19.7 Å². The Morgan fingerprint density at radius 2 is 1.46 bits per heavy atom. The van der Waals surface area contributed by atoms with Crippen LogP contribution in [0.5, 0.6) is 0 Å². The molecule has 2 N–H and O–H groups in total. The van der Waals surface area contributed by atoms with Crippen molar-refractivity contribution < 1.29 is 9.90 Å². The molecule has 0 unspecified atom stereocenters. The SMILES string of the molecule is CCCCCCCCCCCCCCN1C[C@H](CO)NC(=O)[C@H]1C(C)C. The fourth-order valence-corrected chi connectivity index (χ4v) is 4.11. The summed E-state index contributed by atoms with van der Waals surface area (Å²) in [6.07, 6.45) is 16.2. The molecule has 1 fully saturated rings. The number of nitrogens with zero attached hydrogens (tertiary/aromatic N) is 1. The number of unbranched alkanes of at least 4 members (excludes halogenated alkanes) is 11. The number of carbonyl (C=O) groups excluding carboxylic acids is 1. The molecule has 1 rings (SSSR count). The summed E-state index contributed by atoms with van der Waals surface area (Å²) in [5, 5.41) is 12.3. The Balaban J connectivity index is 2.07. The predicted molar refractivity (Wildman–Crippen MR) is 110 cm³/mol. The highest BCUT2D eigenvalue weighted by Crippen LogP contribution is 2.18. The molecule has 154 valence electrons. The van der Waals surface area contributed by atoms with Gasteiger partial charge in [-0.1, -0.05) is 91.4 Å². The van der Waals surface area contributed by atoms with E-state index < -0.39 is 0 Å². The number of hydrogen-bond donors (Lipinski definition) is 2. The number of piperazine rings is 1. The molecule has 0 aromatic heterocycles. The zero-order valence-electron chi connectivity index (χ0n) is 17.6. The molecule has 0 bridgehead atoms. The van der Waals surface area contributed by atoms with Crippen LogP contribution in [0.4, 0.5) is 0 Å². The van der Waals surface area contributed by atoms with Crippen LogP contribution in [0, 0.1) is 5.92 Å². The number of carbonyl (C=O) groups is 1. The first-order chi connectivity index (χ1) is 12.6. The molecule has 1 heterocycles. The molecule has 0 radical (unpaired) electrons. The number of aliphatic hydroxyl groups is 1. The molecular formula is C22H44N2O2. The van der Waals surface area contributed by atoms with Crippen LogP contribution in [-0.4, -0.2) is 47.7 Å². The second kappa shape index (κ2) is 14.4. The van der Waals surface area contributed by atoms with Crippen LogP contribution in [0.2, 0.25) is 0 Å². The molecule has 1 aliphatic rings. The third kappa shape index (κ3) is 9.36. The smallest absolute Gasteiger partial charge is 0.237 e. The first-order valence-corrected chi connectivity index (χ1v) is 11.2. The summed E-state index contributed by atoms with van der Waals surface area (Å²) in [7, 11) is 0. The molecule has 26 heavy (non-hydrogen) atoms. The molecule has 4 heteroatoms. The molecule has 4 nitrogen and oxygen atoms in total. The second-order valence-corrected chi connectivity index (χ2v) is 8.46. The van der Waals surface area contributed by atoms with E-state index in [2.05, 4.69) is 31.0 Å². The molecule has 1 amide bonds. The van der Waals surface area contributed by atoms with Crippen molar-refractivity contribution in [3.05, 3.63) is 0 Å². The molecule has 0 saturated carbocycles.